The second kappa shape index (κ2) is 10.4. The van der Waals surface area contributed by atoms with Gasteiger partial charge < -0.3 is 36.1 Å². The van der Waals surface area contributed by atoms with Crippen molar-refractivity contribution in [2.45, 2.75) is 32.4 Å². The molecule has 34 heavy (non-hydrogen) atoms. The number of carbonyl (C=O) groups excluding carboxylic acids is 2. The minimum absolute atomic E-state index is 0. The summed E-state index contributed by atoms with van der Waals surface area (Å²) in [5.41, 5.74) is 12.2. The third-order valence-electron chi connectivity index (χ3n) is 6.54. The Bertz CT molecular complexity index is 1180. The summed E-state index contributed by atoms with van der Waals surface area (Å²) in [6, 6.07) is 11.1. The van der Waals surface area contributed by atoms with Gasteiger partial charge in [0, 0.05) is 17.8 Å². The number of β-lactam (4-membered cyclic amide) rings is 1. The molecule has 174 valence electrons. The summed E-state index contributed by atoms with van der Waals surface area (Å²) < 4.78 is 6.09. The molecule has 10 heteroatoms. The second-order valence-electron chi connectivity index (χ2n) is 8.53. The smallest absolute Gasteiger partial charge is 0.543 e. The van der Waals surface area contributed by atoms with Crippen molar-refractivity contribution >= 4 is 28.6 Å². The van der Waals surface area contributed by atoms with Crippen molar-refractivity contribution in [2.24, 2.45) is 28.3 Å². The van der Waals surface area contributed by atoms with Gasteiger partial charge in [-0.3, -0.25) is 9.79 Å². The molecule has 2 aromatic carbocycles. The Morgan fingerprint density at radius 2 is 1.91 bits per heavy atom. The number of aliphatic carboxylic acids is 1. The maximum atomic E-state index is 12.5. The van der Waals surface area contributed by atoms with Gasteiger partial charge in [0.1, 0.15) is 12.4 Å². The largest absolute Gasteiger partial charge is 1.00 e. The first-order chi connectivity index (χ1) is 15.7. The summed E-state index contributed by atoms with van der Waals surface area (Å²) >= 11 is 0. The molecular weight excluding hydrogens is 447 g/mol. The molecule has 0 spiro atoms. The maximum absolute atomic E-state index is 12.5. The van der Waals surface area contributed by atoms with Crippen molar-refractivity contribution in [2.75, 3.05) is 13.2 Å². The molecule has 4 rings (SSSR count). The summed E-state index contributed by atoms with van der Waals surface area (Å²) in [4.78, 5) is 29.6. The Morgan fingerprint density at radius 1 is 1.24 bits per heavy atom. The van der Waals surface area contributed by atoms with Crippen LogP contribution in [0, 0.1) is 11.8 Å². The van der Waals surface area contributed by atoms with Gasteiger partial charge in [-0.05, 0) is 35.9 Å². The van der Waals surface area contributed by atoms with Crippen LogP contribution in [0.2, 0.25) is 0 Å². The van der Waals surface area contributed by atoms with E-state index in [1.807, 2.05) is 43.3 Å². The van der Waals surface area contributed by atoms with Crippen LogP contribution in [0.5, 0.6) is 5.75 Å². The van der Waals surface area contributed by atoms with Gasteiger partial charge in [0.25, 0.3) is 0 Å². The predicted molar refractivity (Wildman–Crippen MR) is 121 cm³/mol. The zero-order valence-electron chi connectivity index (χ0n) is 19.5. The number of hydrogen-bond donors (Lipinski definition) is 3. The zero-order valence-corrected chi connectivity index (χ0v) is 21.5. The van der Waals surface area contributed by atoms with Gasteiger partial charge in [-0.2, -0.15) is 0 Å². The SMILES string of the molecule is C[C@@H](O)[C@H]1C(=O)N2C(C(=O)[O-])=C(COc3cccc4c(CCN=C(N)N)cccc34)[C@H](C)[C@H]12.[Na+]. The number of rotatable bonds is 8. The molecule has 5 N–H and O–H groups in total. The van der Waals surface area contributed by atoms with E-state index in [1.54, 1.807) is 6.92 Å². The second-order valence-corrected chi connectivity index (χ2v) is 8.53. The fraction of sp³-hybridized carbons (Fsp3) is 0.375. The monoisotopic (exact) mass is 474 g/mol. The molecule has 2 heterocycles. The van der Waals surface area contributed by atoms with Gasteiger partial charge in [-0.25, -0.2) is 0 Å². The number of nitrogens with zero attached hydrogens (tertiary/aromatic N) is 2. The number of aliphatic imine (C=N–C) groups is 1. The number of hydrogen-bond acceptors (Lipinski definition) is 6. The quantitative estimate of drug-likeness (QED) is 0.158. The summed E-state index contributed by atoms with van der Waals surface area (Å²) in [6.07, 6.45) is -0.213. The number of ether oxygens (including phenoxy) is 1. The van der Waals surface area contributed by atoms with Crippen LogP contribution < -0.4 is 50.9 Å². The number of carboxylic acids is 1. The molecule has 2 aliphatic rings. The van der Waals surface area contributed by atoms with Crippen LogP contribution in [-0.4, -0.2) is 53.1 Å². The number of aliphatic hydroxyl groups is 1. The van der Waals surface area contributed by atoms with Crippen molar-refractivity contribution in [1.82, 2.24) is 4.90 Å². The normalized spacial score (nSPS) is 22.0. The van der Waals surface area contributed by atoms with Gasteiger partial charge in [0.2, 0.25) is 5.91 Å². The topological polar surface area (TPSA) is 154 Å². The molecule has 1 saturated heterocycles. The maximum Gasteiger partial charge on any atom is 1.00 e. The van der Waals surface area contributed by atoms with Gasteiger partial charge in [0.15, 0.2) is 5.96 Å². The molecular formula is C24H27N4NaO5. The van der Waals surface area contributed by atoms with Crippen LogP contribution >= 0.6 is 0 Å². The Kier molecular flexibility index (Phi) is 7.92. The summed E-state index contributed by atoms with van der Waals surface area (Å²) in [7, 11) is 0. The summed E-state index contributed by atoms with van der Waals surface area (Å²) in [5.74, 6) is -2.08. The fourth-order valence-electron chi connectivity index (χ4n) is 4.97. The Hall–Kier alpha value is -2.59. The average Bonchev–Trinajstić information content (AvgIpc) is 3.00. The van der Waals surface area contributed by atoms with Crippen molar-refractivity contribution in [1.29, 1.82) is 0 Å². The number of carboxylic acid groups (broad SMARTS) is 1. The predicted octanol–water partition coefficient (Wildman–Crippen LogP) is -3.10. The number of amides is 1. The fourth-order valence-corrected chi connectivity index (χ4v) is 4.97. The van der Waals surface area contributed by atoms with Crippen molar-refractivity contribution in [3.05, 3.63) is 53.2 Å². The number of fused-ring (bicyclic) bond motifs is 2. The van der Waals surface area contributed by atoms with Crippen molar-refractivity contribution < 1.29 is 54.1 Å². The number of carbonyl (C=O) groups is 2. The van der Waals surface area contributed by atoms with Crippen LogP contribution in [0.4, 0.5) is 0 Å². The van der Waals surface area contributed by atoms with E-state index < -0.39 is 29.9 Å². The van der Waals surface area contributed by atoms with Crippen LogP contribution in [0.15, 0.2) is 52.7 Å². The number of nitrogens with two attached hydrogens (primary N) is 2. The molecule has 4 atom stereocenters. The molecule has 9 nitrogen and oxygen atoms in total. The standard InChI is InChI=1S/C24H28N4O5.Na/c1-12-17(21(23(31)32)28-20(12)19(13(2)29)22(28)30)11-33-18-8-4-6-15-14(5-3-7-16(15)18)9-10-27-24(25)26;/h3-8,12-13,19-20,29H,9-11H2,1-2H3,(H,31,32)(H4,25,26,27);/q;+1/p-1/t12-,13+,19+,20+;/m0./s1. The number of benzene rings is 2. The Morgan fingerprint density at radius 3 is 2.56 bits per heavy atom. The molecule has 2 aliphatic heterocycles. The third kappa shape index (κ3) is 4.53. The summed E-state index contributed by atoms with van der Waals surface area (Å²) in [6.45, 7) is 3.84. The first-order valence-corrected chi connectivity index (χ1v) is 10.9. The van der Waals surface area contributed by atoms with Gasteiger partial charge >= 0.3 is 29.6 Å². The molecule has 1 fully saturated rings. The van der Waals surface area contributed by atoms with E-state index in [0.29, 0.717) is 24.3 Å². The van der Waals surface area contributed by atoms with Gasteiger partial charge in [0.05, 0.1) is 29.7 Å². The molecule has 0 aliphatic carbocycles. The van der Waals surface area contributed by atoms with E-state index in [1.165, 1.54) is 4.90 Å². The minimum Gasteiger partial charge on any atom is -0.543 e. The van der Waals surface area contributed by atoms with Crippen LogP contribution in [-0.2, 0) is 16.0 Å². The molecule has 0 radical (unpaired) electrons. The molecule has 0 unspecified atom stereocenters. The van der Waals surface area contributed by atoms with E-state index in [-0.39, 0.29) is 53.7 Å². The Labute approximate surface area is 219 Å². The van der Waals surface area contributed by atoms with Crippen LogP contribution in [0.1, 0.15) is 19.4 Å². The Balaban J connectivity index is 0.00000324. The van der Waals surface area contributed by atoms with Gasteiger partial charge in [-0.15, -0.1) is 0 Å². The van der Waals surface area contributed by atoms with E-state index in [0.717, 1.165) is 16.3 Å². The van der Waals surface area contributed by atoms with E-state index in [2.05, 4.69) is 4.99 Å². The minimum atomic E-state index is -1.42. The van der Waals surface area contributed by atoms with Crippen molar-refractivity contribution in [3.8, 4) is 5.75 Å². The van der Waals surface area contributed by atoms with Crippen LogP contribution in [0.25, 0.3) is 10.8 Å². The van der Waals surface area contributed by atoms with E-state index >= 15 is 0 Å². The molecule has 0 saturated carbocycles. The third-order valence-corrected chi connectivity index (χ3v) is 6.54. The first-order valence-electron chi connectivity index (χ1n) is 10.9. The molecule has 0 bridgehead atoms. The zero-order chi connectivity index (χ0) is 23.9. The number of guanidine groups is 1. The average molecular weight is 474 g/mol. The molecule has 1 amide bonds. The first kappa shape index (κ1) is 26.0. The van der Waals surface area contributed by atoms with Crippen LogP contribution in [0.3, 0.4) is 0 Å². The molecule has 2 aromatic rings. The van der Waals surface area contributed by atoms with Gasteiger partial charge in [-0.1, -0.05) is 37.3 Å². The van der Waals surface area contributed by atoms with Crippen molar-refractivity contribution in [3.63, 3.8) is 0 Å². The molecule has 0 aromatic heterocycles. The summed E-state index contributed by atoms with van der Waals surface area (Å²) in [5, 5.41) is 23.7. The van der Waals surface area contributed by atoms with E-state index in [4.69, 9.17) is 16.2 Å². The van der Waals surface area contributed by atoms with E-state index in [9.17, 15) is 19.8 Å². The number of aliphatic hydroxyl groups excluding tert-OH is 1.